The van der Waals surface area contributed by atoms with Crippen molar-refractivity contribution < 1.29 is 9.59 Å². The van der Waals surface area contributed by atoms with Crippen molar-refractivity contribution in [2.45, 2.75) is 52.9 Å². The Morgan fingerprint density at radius 3 is 2.55 bits per heavy atom. The highest BCUT2D eigenvalue weighted by molar-refractivity contribution is 6.30. The Kier molecular flexibility index (Phi) is 8.79. The van der Waals surface area contributed by atoms with Crippen molar-refractivity contribution in [2.24, 2.45) is 5.92 Å². The molecule has 0 heterocycles. The first kappa shape index (κ1) is 25.1. The van der Waals surface area contributed by atoms with Crippen LogP contribution in [0.3, 0.4) is 0 Å². The predicted octanol–water partition coefficient (Wildman–Crippen LogP) is 5.16. The Bertz CT molecular complexity index is 989. The van der Waals surface area contributed by atoms with Crippen molar-refractivity contribution in [3.05, 3.63) is 58.1 Å². The summed E-state index contributed by atoms with van der Waals surface area (Å²) in [5.41, 5.74) is 5.38. The van der Waals surface area contributed by atoms with Gasteiger partial charge in [-0.1, -0.05) is 31.5 Å². The maximum absolute atomic E-state index is 13.2. The minimum absolute atomic E-state index is 0.0603. The van der Waals surface area contributed by atoms with Crippen molar-refractivity contribution in [1.82, 2.24) is 5.32 Å². The zero-order valence-corrected chi connectivity index (χ0v) is 21.0. The lowest BCUT2D eigenvalue weighted by atomic mass is 10.1. The number of hydrogen-bond donors (Lipinski definition) is 1. The summed E-state index contributed by atoms with van der Waals surface area (Å²) in [5, 5.41) is 3.64. The third-order valence-corrected chi connectivity index (χ3v) is 6.52. The van der Waals surface area contributed by atoms with Crippen LogP contribution in [-0.2, 0) is 22.4 Å². The van der Waals surface area contributed by atoms with E-state index in [-0.39, 0.29) is 24.9 Å². The number of halogens is 1. The average Bonchev–Trinajstić information content (AvgIpc) is 3.23. The van der Waals surface area contributed by atoms with Gasteiger partial charge in [0.25, 0.3) is 0 Å². The van der Waals surface area contributed by atoms with Gasteiger partial charge in [-0.15, -0.1) is 0 Å². The normalized spacial score (nSPS) is 12.5. The van der Waals surface area contributed by atoms with Crippen molar-refractivity contribution in [2.75, 3.05) is 36.5 Å². The highest BCUT2D eigenvalue weighted by atomic mass is 35.5. The van der Waals surface area contributed by atoms with Gasteiger partial charge >= 0.3 is 0 Å². The molecule has 0 saturated carbocycles. The number of nitrogens with zero attached hydrogens (tertiary/aromatic N) is 2. The molecule has 0 saturated heterocycles. The molecule has 1 N–H and O–H groups in total. The first-order chi connectivity index (χ1) is 15.7. The third-order valence-electron chi connectivity index (χ3n) is 6.28. The maximum Gasteiger partial charge on any atom is 0.246 e. The number of fused-ring (bicyclic) bond motifs is 1. The molecule has 2 aromatic rings. The van der Waals surface area contributed by atoms with Crippen molar-refractivity contribution in [1.29, 1.82) is 0 Å². The molecule has 0 atom stereocenters. The number of amides is 2. The molecule has 2 aromatic carbocycles. The zero-order valence-electron chi connectivity index (χ0n) is 20.3. The Labute approximate surface area is 203 Å². The second-order valence-corrected chi connectivity index (χ2v) is 9.87. The molecule has 178 valence electrons. The summed E-state index contributed by atoms with van der Waals surface area (Å²) in [6, 6.07) is 11.8. The van der Waals surface area contributed by atoms with Gasteiger partial charge in [0.1, 0.15) is 0 Å². The van der Waals surface area contributed by atoms with Crippen LogP contribution in [0, 0.1) is 12.8 Å². The Balaban J connectivity index is 1.71. The molecule has 0 fully saturated rings. The third kappa shape index (κ3) is 6.97. The van der Waals surface area contributed by atoms with Crippen LogP contribution >= 0.6 is 11.6 Å². The first-order valence-corrected chi connectivity index (χ1v) is 12.3. The van der Waals surface area contributed by atoms with E-state index in [1.165, 1.54) is 17.5 Å². The minimum Gasteiger partial charge on any atom is -0.355 e. The number of aryl methyl sites for hydroxylation is 3. The second kappa shape index (κ2) is 11.6. The van der Waals surface area contributed by atoms with E-state index in [0.717, 1.165) is 42.6 Å². The zero-order chi connectivity index (χ0) is 24.0. The average molecular weight is 470 g/mol. The minimum atomic E-state index is -0.0823. The smallest absolute Gasteiger partial charge is 0.246 e. The van der Waals surface area contributed by atoms with Gasteiger partial charge in [-0.2, -0.15) is 0 Å². The predicted molar refractivity (Wildman–Crippen MR) is 137 cm³/mol. The summed E-state index contributed by atoms with van der Waals surface area (Å²) < 4.78 is 0. The molecule has 0 aromatic heterocycles. The Hall–Kier alpha value is -2.53. The number of rotatable bonds is 10. The molecule has 0 spiro atoms. The second-order valence-electron chi connectivity index (χ2n) is 9.43. The van der Waals surface area contributed by atoms with Gasteiger partial charge in [0, 0.05) is 30.0 Å². The molecule has 3 rings (SSSR count). The summed E-state index contributed by atoms with van der Waals surface area (Å²) in [5.74, 6) is 0.471. The molecule has 0 aliphatic heterocycles. The summed E-state index contributed by atoms with van der Waals surface area (Å²) in [7, 11) is 1.80. The van der Waals surface area contributed by atoms with E-state index >= 15 is 0 Å². The SMILES string of the molecule is Cc1cc(Cl)ccc1N(CC(=O)NCCCC(C)C)CC(=O)N(C)c1ccc2c(c1)CCC2. The van der Waals surface area contributed by atoms with Crippen LogP contribution in [0.15, 0.2) is 36.4 Å². The number of nitrogens with one attached hydrogen (secondary N) is 1. The molecule has 2 amide bonds. The number of hydrogen-bond acceptors (Lipinski definition) is 3. The molecular formula is C27H36ClN3O2. The van der Waals surface area contributed by atoms with E-state index in [1.54, 1.807) is 18.0 Å². The summed E-state index contributed by atoms with van der Waals surface area (Å²) in [6.07, 6.45) is 5.38. The summed E-state index contributed by atoms with van der Waals surface area (Å²) in [4.78, 5) is 29.5. The van der Waals surface area contributed by atoms with Crippen LogP contribution in [0.25, 0.3) is 0 Å². The molecule has 0 bridgehead atoms. The van der Waals surface area contributed by atoms with Crippen molar-refractivity contribution >= 4 is 34.8 Å². The van der Waals surface area contributed by atoms with Gasteiger partial charge in [0.15, 0.2) is 0 Å². The van der Waals surface area contributed by atoms with Crippen LogP contribution in [0.1, 0.15) is 49.8 Å². The highest BCUT2D eigenvalue weighted by Crippen LogP contribution is 2.27. The molecule has 0 radical (unpaired) electrons. The van der Waals surface area contributed by atoms with E-state index in [0.29, 0.717) is 17.5 Å². The lowest BCUT2D eigenvalue weighted by Crippen LogP contribution is -2.44. The van der Waals surface area contributed by atoms with E-state index < -0.39 is 0 Å². The molecule has 6 heteroatoms. The van der Waals surface area contributed by atoms with Crippen LogP contribution in [0.4, 0.5) is 11.4 Å². The fourth-order valence-electron chi connectivity index (χ4n) is 4.35. The number of likely N-dealkylation sites (N-methyl/N-ethyl adjacent to an activating group) is 1. The largest absolute Gasteiger partial charge is 0.355 e. The van der Waals surface area contributed by atoms with Gasteiger partial charge in [-0.3, -0.25) is 9.59 Å². The quantitative estimate of drug-likeness (QED) is 0.489. The fraction of sp³-hybridized carbons (Fsp3) is 0.481. The van der Waals surface area contributed by atoms with Gasteiger partial charge in [-0.05, 0) is 92.0 Å². The Morgan fingerprint density at radius 2 is 1.82 bits per heavy atom. The van der Waals surface area contributed by atoms with Gasteiger partial charge in [0.2, 0.25) is 11.8 Å². The number of carbonyl (C=O) groups is 2. The topological polar surface area (TPSA) is 52.7 Å². The maximum atomic E-state index is 13.2. The molecule has 1 aliphatic rings. The van der Waals surface area contributed by atoms with E-state index in [9.17, 15) is 9.59 Å². The monoisotopic (exact) mass is 469 g/mol. The number of anilines is 2. The Morgan fingerprint density at radius 1 is 1.06 bits per heavy atom. The van der Waals surface area contributed by atoms with Crippen LogP contribution in [0.2, 0.25) is 5.02 Å². The highest BCUT2D eigenvalue weighted by Gasteiger charge is 2.21. The van der Waals surface area contributed by atoms with Gasteiger partial charge < -0.3 is 15.1 Å². The standard InChI is InChI=1S/C27H36ClN3O2/c1-19(2)7-6-14-29-26(32)17-31(25-13-11-23(28)15-20(25)3)18-27(33)30(4)24-12-10-21-8-5-9-22(21)16-24/h10-13,15-16,19H,5-9,14,17-18H2,1-4H3,(H,29,32). The number of benzene rings is 2. The lowest BCUT2D eigenvalue weighted by Gasteiger charge is -2.28. The molecule has 0 unspecified atom stereocenters. The van der Waals surface area contributed by atoms with Gasteiger partial charge in [0.05, 0.1) is 13.1 Å². The van der Waals surface area contributed by atoms with Crippen LogP contribution < -0.4 is 15.1 Å². The van der Waals surface area contributed by atoms with E-state index in [1.807, 2.05) is 30.0 Å². The van der Waals surface area contributed by atoms with Gasteiger partial charge in [-0.25, -0.2) is 0 Å². The van der Waals surface area contributed by atoms with Crippen LogP contribution in [-0.4, -0.2) is 38.5 Å². The molecular weight excluding hydrogens is 434 g/mol. The van der Waals surface area contributed by atoms with Crippen LogP contribution in [0.5, 0.6) is 0 Å². The summed E-state index contributed by atoms with van der Waals surface area (Å²) >= 11 is 6.15. The van der Waals surface area contributed by atoms with Crippen molar-refractivity contribution in [3.63, 3.8) is 0 Å². The van der Waals surface area contributed by atoms with Crippen molar-refractivity contribution in [3.8, 4) is 0 Å². The molecule has 1 aliphatic carbocycles. The molecule has 33 heavy (non-hydrogen) atoms. The molecule has 5 nitrogen and oxygen atoms in total. The summed E-state index contributed by atoms with van der Waals surface area (Å²) in [6.45, 7) is 7.17. The lowest BCUT2D eigenvalue weighted by molar-refractivity contribution is -0.119. The number of carbonyl (C=O) groups excluding carboxylic acids is 2. The first-order valence-electron chi connectivity index (χ1n) is 11.9. The van der Waals surface area contributed by atoms with E-state index in [4.69, 9.17) is 11.6 Å². The fourth-order valence-corrected chi connectivity index (χ4v) is 4.57. The van der Waals surface area contributed by atoms with E-state index in [2.05, 4.69) is 31.3 Å².